The van der Waals surface area contributed by atoms with Gasteiger partial charge in [-0.2, -0.15) is 0 Å². The van der Waals surface area contributed by atoms with Crippen molar-refractivity contribution in [3.63, 3.8) is 0 Å². The maximum atomic E-state index is 13.8. The average Bonchev–Trinajstić information content (AvgIpc) is 2.78. The van der Waals surface area contributed by atoms with E-state index in [0.29, 0.717) is 19.6 Å². The lowest BCUT2D eigenvalue weighted by molar-refractivity contribution is -0.00954. The Kier molecular flexibility index (Phi) is 2.91. The van der Waals surface area contributed by atoms with E-state index in [2.05, 4.69) is 23.1 Å². The summed E-state index contributed by atoms with van der Waals surface area (Å²) in [7, 11) is 0. The molecule has 2 aliphatic heterocycles. The molecule has 98 valence electrons. The van der Waals surface area contributed by atoms with Crippen LogP contribution in [0.3, 0.4) is 0 Å². The van der Waals surface area contributed by atoms with Crippen molar-refractivity contribution in [2.24, 2.45) is 0 Å². The molecule has 0 N–H and O–H groups in total. The van der Waals surface area contributed by atoms with Crippen LogP contribution in [0.4, 0.5) is 4.39 Å². The van der Waals surface area contributed by atoms with Gasteiger partial charge in [0.05, 0.1) is 18.2 Å². The first-order chi connectivity index (χ1) is 8.62. The Morgan fingerprint density at radius 3 is 3.00 bits per heavy atom. The minimum atomic E-state index is -0.728. The number of benzene rings is 1. The number of hydrogen-bond donors (Lipinski definition) is 0. The lowest BCUT2D eigenvalue weighted by atomic mass is 9.88. The summed E-state index contributed by atoms with van der Waals surface area (Å²) < 4.78 is 19.6. The zero-order valence-electron chi connectivity index (χ0n) is 11.0. The normalized spacial score (nSPS) is 30.8. The molecule has 1 saturated heterocycles. The minimum absolute atomic E-state index is 0.188. The standard InChI is InChI=1S/C15H20FNO/c1-11(2)18-10-15-7-13(16)9-17(15)8-12-5-3-4-6-14(12)15/h3-6,11,13H,7-10H2,1-2H3. The molecular formula is C15H20FNO. The van der Waals surface area contributed by atoms with Crippen LogP contribution in [0, 0.1) is 0 Å². The van der Waals surface area contributed by atoms with E-state index in [0.717, 1.165) is 6.54 Å². The summed E-state index contributed by atoms with van der Waals surface area (Å²) in [5.41, 5.74) is 2.38. The van der Waals surface area contributed by atoms with Crippen molar-refractivity contribution in [1.82, 2.24) is 4.90 Å². The Bertz CT molecular complexity index is 448. The van der Waals surface area contributed by atoms with Crippen LogP contribution >= 0.6 is 0 Å². The van der Waals surface area contributed by atoms with Crippen molar-refractivity contribution >= 4 is 0 Å². The molecule has 3 heteroatoms. The number of alkyl halides is 1. The molecule has 3 rings (SSSR count). The summed E-state index contributed by atoms with van der Waals surface area (Å²) in [6.45, 7) is 6.06. The van der Waals surface area contributed by atoms with Gasteiger partial charge in [-0.15, -0.1) is 0 Å². The highest BCUT2D eigenvalue weighted by atomic mass is 19.1. The van der Waals surface area contributed by atoms with E-state index < -0.39 is 6.17 Å². The van der Waals surface area contributed by atoms with Crippen LogP contribution in [0.15, 0.2) is 24.3 Å². The van der Waals surface area contributed by atoms with Crippen LogP contribution in [0.1, 0.15) is 31.4 Å². The van der Waals surface area contributed by atoms with Crippen molar-refractivity contribution in [3.05, 3.63) is 35.4 Å². The van der Waals surface area contributed by atoms with Gasteiger partial charge < -0.3 is 4.74 Å². The smallest absolute Gasteiger partial charge is 0.115 e. The van der Waals surface area contributed by atoms with E-state index in [-0.39, 0.29) is 11.6 Å². The van der Waals surface area contributed by atoms with Crippen molar-refractivity contribution < 1.29 is 9.13 Å². The predicted octanol–water partition coefficient (Wildman–Crippen LogP) is 2.86. The van der Waals surface area contributed by atoms with E-state index in [9.17, 15) is 4.39 Å². The summed E-state index contributed by atoms with van der Waals surface area (Å²) in [5, 5.41) is 0. The monoisotopic (exact) mass is 249 g/mol. The summed E-state index contributed by atoms with van der Waals surface area (Å²) in [6.07, 6.45) is 0.0262. The van der Waals surface area contributed by atoms with E-state index in [1.807, 2.05) is 19.9 Å². The number of rotatable bonds is 3. The Labute approximate surface area is 108 Å². The molecule has 0 aliphatic carbocycles. The molecule has 2 aliphatic rings. The van der Waals surface area contributed by atoms with Crippen LogP contribution in [0.25, 0.3) is 0 Å². The molecule has 0 saturated carbocycles. The van der Waals surface area contributed by atoms with Gasteiger partial charge in [0, 0.05) is 19.5 Å². The molecule has 1 aromatic rings. The highest BCUT2D eigenvalue weighted by Gasteiger charge is 2.52. The first kappa shape index (κ1) is 12.1. The second kappa shape index (κ2) is 4.32. The lowest BCUT2D eigenvalue weighted by Gasteiger charge is -2.33. The number of fused-ring (bicyclic) bond motifs is 3. The van der Waals surface area contributed by atoms with Gasteiger partial charge in [-0.3, -0.25) is 4.90 Å². The minimum Gasteiger partial charge on any atom is -0.377 e. The number of nitrogens with zero attached hydrogens (tertiary/aromatic N) is 1. The molecule has 1 aromatic carbocycles. The Morgan fingerprint density at radius 2 is 2.22 bits per heavy atom. The van der Waals surface area contributed by atoms with Crippen molar-refractivity contribution in [2.45, 2.75) is 44.6 Å². The first-order valence-electron chi connectivity index (χ1n) is 6.71. The lowest BCUT2D eigenvalue weighted by Crippen LogP contribution is -2.40. The molecule has 18 heavy (non-hydrogen) atoms. The van der Waals surface area contributed by atoms with Crippen LogP contribution in [0.2, 0.25) is 0 Å². The van der Waals surface area contributed by atoms with Gasteiger partial charge >= 0.3 is 0 Å². The maximum Gasteiger partial charge on any atom is 0.115 e. The molecule has 0 amide bonds. The maximum absolute atomic E-state index is 13.8. The van der Waals surface area contributed by atoms with E-state index >= 15 is 0 Å². The van der Waals surface area contributed by atoms with Crippen molar-refractivity contribution in [2.75, 3.05) is 13.2 Å². The molecule has 2 unspecified atom stereocenters. The molecule has 1 fully saturated rings. The van der Waals surface area contributed by atoms with E-state index in [1.165, 1.54) is 11.1 Å². The zero-order valence-corrected chi connectivity index (χ0v) is 11.0. The summed E-state index contributed by atoms with van der Waals surface area (Å²) in [4.78, 5) is 2.25. The Balaban J connectivity index is 1.96. The molecule has 0 radical (unpaired) electrons. The molecule has 0 bridgehead atoms. The van der Waals surface area contributed by atoms with Gasteiger partial charge in [-0.05, 0) is 25.0 Å². The molecule has 2 heterocycles. The largest absolute Gasteiger partial charge is 0.377 e. The van der Waals surface area contributed by atoms with Gasteiger partial charge in [-0.1, -0.05) is 24.3 Å². The van der Waals surface area contributed by atoms with E-state index in [1.54, 1.807) is 0 Å². The molecular weight excluding hydrogens is 229 g/mol. The SMILES string of the molecule is CC(C)OCC12CC(F)CN1Cc1ccccc12. The highest BCUT2D eigenvalue weighted by molar-refractivity contribution is 5.40. The third-order valence-corrected chi connectivity index (χ3v) is 4.12. The number of hydrogen-bond acceptors (Lipinski definition) is 2. The third-order valence-electron chi connectivity index (χ3n) is 4.12. The first-order valence-corrected chi connectivity index (χ1v) is 6.71. The number of halogens is 1. The molecule has 0 spiro atoms. The molecule has 0 aromatic heterocycles. The summed E-state index contributed by atoms with van der Waals surface area (Å²) >= 11 is 0. The van der Waals surface area contributed by atoms with Crippen LogP contribution in [0.5, 0.6) is 0 Å². The fraction of sp³-hybridized carbons (Fsp3) is 0.600. The quantitative estimate of drug-likeness (QED) is 0.816. The van der Waals surface area contributed by atoms with Crippen LogP contribution in [-0.2, 0) is 16.8 Å². The number of ether oxygens (including phenoxy) is 1. The third kappa shape index (κ3) is 1.77. The van der Waals surface area contributed by atoms with Gasteiger partial charge in [0.15, 0.2) is 0 Å². The zero-order chi connectivity index (χ0) is 12.8. The van der Waals surface area contributed by atoms with Gasteiger partial charge in [0.25, 0.3) is 0 Å². The van der Waals surface area contributed by atoms with Gasteiger partial charge in [-0.25, -0.2) is 4.39 Å². The van der Waals surface area contributed by atoms with E-state index in [4.69, 9.17) is 4.74 Å². The average molecular weight is 249 g/mol. The fourth-order valence-electron chi connectivity index (χ4n) is 3.32. The summed E-state index contributed by atoms with van der Waals surface area (Å²) in [6, 6.07) is 8.39. The van der Waals surface area contributed by atoms with Crippen LogP contribution in [-0.4, -0.2) is 30.3 Å². The predicted molar refractivity (Wildman–Crippen MR) is 69.1 cm³/mol. The Morgan fingerprint density at radius 1 is 1.44 bits per heavy atom. The van der Waals surface area contributed by atoms with Gasteiger partial charge in [0.1, 0.15) is 6.17 Å². The fourth-order valence-corrected chi connectivity index (χ4v) is 3.32. The Hall–Kier alpha value is -0.930. The van der Waals surface area contributed by atoms with Crippen molar-refractivity contribution in [1.29, 1.82) is 0 Å². The summed E-state index contributed by atoms with van der Waals surface area (Å²) in [5.74, 6) is 0. The highest BCUT2D eigenvalue weighted by Crippen LogP contribution is 2.47. The topological polar surface area (TPSA) is 12.5 Å². The second-order valence-corrected chi connectivity index (χ2v) is 5.73. The second-order valence-electron chi connectivity index (χ2n) is 5.73. The van der Waals surface area contributed by atoms with Crippen LogP contribution < -0.4 is 0 Å². The van der Waals surface area contributed by atoms with Gasteiger partial charge in [0.2, 0.25) is 0 Å². The van der Waals surface area contributed by atoms with Crippen molar-refractivity contribution in [3.8, 4) is 0 Å². The molecule has 2 atom stereocenters. The molecule has 2 nitrogen and oxygen atoms in total.